The van der Waals surface area contributed by atoms with E-state index in [1.807, 2.05) is 19.0 Å². The Kier molecular flexibility index (Phi) is 6.52. The van der Waals surface area contributed by atoms with E-state index in [1.165, 1.54) is 22.3 Å². The second-order valence-corrected chi connectivity index (χ2v) is 11.3. The third kappa shape index (κ3) is 4.72. The number of nitrogens with zero attached hydrogens (tertiary/aromatic N) is 4. The molecule has 4 rings (SSSR count). The largest absolute Gasteiger partial charge is 0.308 e. The fourth-order valence-corrected chi connectivity index (χ4v) is 5.60. The minimum atomic E-state index is -3.49. The predicted molar refractivity (Wildman–Crippen MR) is 131 cm³/mol. The van der Waals surface area contributed by atoms with Gasteiger partial charge < -0.3 is 4.90 Å². The number of para-hydroxylation sites is 1. The fraction of sp³-hybridized carbons (Fsp3) is 0.304. The lowest BCUT2D eigenvalue weighted by Crippen LogP contribution is -2.36. The van der Waals surface area contributed by atoms with Crippen LogP contribution in [-0.4, -0.2) is 69.5 Å². The lowest BCUT2D eigenvalue weighted by Gasteiger charge is -2.22. The van der Waals surface area contributed by atoms with Crippen molar-refractivity contribution < 1.29 is 22.8 Å². The second-order valence-electron chi connectivity index (χ2n) is 8.30. The maximum absolute atomic E-state index is 13.5. The van der Waals surface area contributed by atoms with Crippen molar-refractivity contribution in [2.75, 3.05) is 43.2 Å². The van der Waals surface area contributed by atoms with Crippen molar-refractivity contribution in [3.63, 3.8) is 0 Å². The number of thiazole rings is 1. The van der Waals surface area contributed by atoms with Gasteiger partial charge in [0.15, 0.2) is 15.0 Å². The van der Waals surface area contributed by atoms with E-state index in [9.17, 15) is 22.8 Å². The Morgan fingerprint density at radius 1 is 1.03 bits per heavy atom. The van der Waals surface area contributed by atoms with Crippen molar-refractivity contribution in [3.8, 4) is 0 Å². The number of imide groups is 1. The van der Waals surface area contributed by atoms with Crippen LogP contribution in [0, 0.1) is 0 Å². The zero-order valence-corrected chi connectivity index (χ0v) is 20.6. The van der Waals surface area contributed by atoms with Crippen LogP contribution in [0.1, 0.15) is 23.2 Å². The molecule has 3 amide bonds. The molecule has 0 aliphatic carbocycles. The number of aromatic nitrogens is 1. The first-order valence-corrected chi connectivity index (χ1v) is 13.3. The summed E-state index contributed by atoms with van der Waals surface area (Å²) in [4.78, 5) is 46.7. The topological polar surface area (TPSA) is 108 Å². The number of rotatable bonds is 7. The van der Waals surface area contributed by atoms with Gasteiger partial charge in [-0.15, -0.1) is 0 Å². The third-order valence-electron chi connectivity index (χ3n) is 5.44. The highest BCUT2D eigenvalue weighted by Gasteiger charge is 2.30. The van der Waals surface area contributed by atoms with Crippen molar-refractivity contribution in [1.82, 2.24) is 9.88 Å². The number of fused-ring (bicyclic) bond motifs is 1. The highest BCUT2D eigenvalue weighted by Crippen LogP contribution is 2.33. The van der Waals surface area contributed by atoms with E-state index in [4.69, 9.17) is 0 Å². The maximum atomic E-state index is 13.5. The molecule has 34 heavy (non-hydrogen) atoms. The van der Waals surface area contributed by atoms with Crippen LogP contribution in [0.15, 0.2) is 47.4 Å². The Morgan fingerprint density at radius 2 is 1.68 bits per heavy atom. The van der Waals surface area contributed by atoms with Crippen LogP contribution in [-0.2, 0) is 19.4 Å². The zero-order chi connectivity index (χ0) is 24.6. The molecule has 2 aromatic carbocycles. The molecule has 0 unspecified atom stereocenters. The van der Waals surface area contributed by atoms with Crippen molar-refractivity contribution >= 4 is 59.9 Å². The van der Waals surface area contributed by atoms with Gasteiger partial charge in [-0.05, 0) is 50.5 Å². The highest BCUT2D eigenvalue weighted by molar-refractivity contribution is 7.91. The number of amides is 3. The van der Waals surface area contributed by atoms with E-state index in [0.717, 1.165) is 11.2 Å². The second kappa shape index (κ2) is 9.24. The molecule has 1 saturated heterocycles. The summed E-state index contributed by atoms with van der Waals surface area (Å²) in [5, 5.41) is 0.395. The number of benzene rings is 2. The molecule has 0 radical (unpaired) electrons. The Hall–Kier alpha value is -3.15. The van der Waals surface area contributed by atoms with Gasteiger partial charge >= 0.3 is 0 Å². The summed E-state index contributed by atoms with van der Waals surface area (Å²) in [6, 6.07) is 11.3. The van der Waals surface area contributed by atoms with E-state index in [1.54, 1.807) is 36.4 Å². The van der Waals surface area contributed by atoms with Gasteiger partial charge in [-0.2, -0.15) is 0 Å². The first-order valence-electron chi connectivity index (χ1n) is 10.6. The van der Waals surface area contributed by atoms with Crippen molar-refractivity contribution in [1.29, 1.82) is 0 Å². The van der Waals surface area contributed by atoms with E-state index >= 15 is 0 Å². The van der Waals surface area contributed by atoms with Gasteiger partial charge in [0, 0.05) is 37.8 Å². The molecule has 2 heterocycles. The minimum Gasteiger partial charge on any atom is -0.308 e. The SMILES string of the molecule is CN(C)CCN(C(=O)c1ccc(N2C(=O)CCC2=O)cc1)c1nc2c(S(C)(=O)=O)cccc2s1. The standard InChI is InChI=1S/C23H24N4O5S2/c1-25(2)13-14-26(23-24-21-17(33-23)5-4-6-18(21)34(3,31)32)22(30)15-7-9-16(10-8-15)27-19(28)11-12-20(27)29/h4-10H,11-14H2,1-3H3. The van der Waals surface area contributed by atoms with E-state index in [0.29, 0.717) is 39.7 Å². The van der Waals surface area contributed by atoms with Gasteiger partial charge in [-0.25, -0.2) is 13.4 Å². The summed E-state index contributed by atoms with van der Waals surface area (Å²) >= 11 is 1.25. The predicted octanol–water partition coefficient (Wildman–Crippen LogP) is 2.56. The molecule has 1 aromatic heterocycles. The molecule has 9 nitrogen and oxygen atoms in total. The quantitative estimate of drug-likeness (QED) is 0.459. The van der Waals surface area contributed by atoms with Gasteiger partial charge in [0.05, 0.1) is 15.3 Å². The van der Waals surface area contributed by atoms with Crippen LogP contribution in [0.3, 0.4) is 0 Å². The molecule has 178 valence electrons. The average molecular weight is 501 g/mol. The monoisotopic (exact) mass is 500 g/mol. The minimum absolute atomic E-state index is 0.122. The molecular weight excluding hydrogens is 476 g/mol. The molecular formula is C23H24N4O5S2. The first kappa shape index (κ1) is 24.0. The number of carbonyl (C=O) groups is 3. The number of hydrogen-bond acceptors (Lipinski definition) is 8. The smallest absolute Gasteiger partial charge is 0.260 e. The highest BCUT2D eigenvalue weighted by atomic mass is 32.2. The molecule has 1 aliphatic rings. The Balaban J connectivity index is 1.70. The van der Waals surface area contributed by atoms with E-state index in [2.05, 4.69) is 4.98 Å². The third-order valence-corrected chi connectivity index (χ3v) is 7.61. The molecule has 3 aromatic rings. The number of sulfone groups is 1. The number of hydrogen-bond donors (Lipinski definition) is 0. The Morgan fingerprint density at radius 3 is 2.26 bits per heavy atom. The Labute approximate surface area is 201 Å². The van der Waals surface area contributed by atoms with Gasteiger partial charge in [-0.3, -0.25) is 24.2 Å². The summed E-state index contributed by atoms with van der Waals surface area (Å²) in [6.07, 6.45) is 1.50. The van der Waals surface area contributed by atoms with Crippen LogP contribution < -0.4 is 9.80 Å². The zero-order valence-electron chi connectivity index (χ0n) is 19.0. The molecule has 0 atom stereocenters. The summed E-state index contributed by atoms with van der Waals surface area (Å²) < 4.78 is 25.1. The van der Waals surface area contributed by atoms with Crippen LogP contribution in [0.25, 0.3) is 10.2 Å². The van der Waals surface area contributed by atoms with Gasteiger partial charge in [-0.1, -0.05) is 17.4 Å². The number of anilines is 2. The van der Waals surface area contributed by atoms with Crippen molar-refractivity contribution in [2.45, 2.75) is 17.7 Å². The molecule has 1 fully saturated rings. The normalized spacial score (nSPS) is 14.4. The van der Waals surface area contributed by atoms with Crippen molar-refractivity contribution in [3.05, 3.63) is 48.0 Å². The van der Waals surface area contributed by atoms with Gasteiger partial charge in [0.25, 0.3) is 5.91 Å². The van der Waals surface area contributed by atoms with Gasteiger partial charge in [0.2, 0.25) is 11.8 Å². The van der Waals surface area contributed by atoms with Crippen LogP contribution in [0.4, 0.5) is 10.8 Å². The van der Waals surface area contributed by atoms with Crippen LogP contribution >= 0.6 is 11.3 Å². The maximum Gasteiger partial charge on any atom is 0.260 e. The summed E-state index contributed by atoms with van der Waals surface area (Å²) in [6.45, 7) is 0.903. The lowest BCUT2D eigenvalue weighted by molar-refractivity contribution is -0.121. The average Bonchev–Trinajstić information content (AvgIpc) is 3.35. The molecule has 0 N–H and O–H groups in total. The fourth-order valence-electron chi connectivity index (χ4n) is 3.68. The first-order chi connectivity index (χ1) is 16.1. The van der Waals surface area contributed by atoms with Gasteiger partial charge in [0.1, 0.15) is 5.52 Å². The van der Waals surface area contributed by atoms with Crippen molar-refractivity contribution in [2.24, 2.45) is 0 Å². The van der Waals surface area contributed by atoms with E-state index < -0.39 is 9.84 Å². The van der Waals surface area contributed by atoms with Crippen LogP contribution in [0.2, 0.25) is 0 Å². The summed E-state index contributed by atoms with van der Waals surface area (Å²) in [5.74, 6) is -0.826. The molecule has 0 bridgehead atoms. The number of likely N-dealkylation sites (N-methyl/N-ethyl adjacent to an activating group) is 1. The van der Waals surface area contributed by atoms with Crippen LogP contribution in [0.5, 0.6) is 0 Å². The number of carbonyl (C=O) groups excluding carboxylic acids is 3. The molecule has 0 spiro atoms. The molecule has 0 saturated carbocycles. The summed E-state index contributed by atoms with van der Waals surface area (Å²) in [5.41, 5.74) is 1.14. The molecule has 11 heteroatoms. The summed E-state index contributed by atoms with van der Waals surface area (Å²) in [7, 11) is 0.292. The molecule has 1 aliphatic heterocycles. The Bertz CT molecular complexity index is 1360. The van der Waals surface area contributed by atoms with E-state index in [-0.39, 0.29) is 35.5 Å². The lowest BCUT2D eigenvalue weighted by atomic mass is 10.1.